The lowest BCUT2D eigenvalue weighted by Crippen LogP contribution is -2.36. The van der Waals surface area contributed by atoms with Gasteiger partial charge in [-0.25, -0.2) is 4.39 Å². The van der Waals surface area contributed by atoms with Crippen LogP contribution in [0, 0.1) is 5.82 Å². The molecule has 1 aliphatic rings. The molecule has 184 valence electrons. The van der Waals surface area contributed by atoms with Gasteiger partial charge in [-0.15, -0.1) is 0 Å². The van der Waals surface area contributed by atoms with Crippen molar-refractivity contribution in [3.63, 3.8) is 0 Å². The molecule has 0 spiro atoms. The van der Waals surface area contributed by atoms with Gasteiger partial charge in [0.05, 0.1) is 0 Å². The van der Waals surface area contributed by atoms with Gasteiger partial charge in [-0.2, -0.15) is 0 Å². The van der Waals surface area contributed by atoms with Crippen molar-refractivity contribution < 1.29 is 13.9 Å². The molecule has 1 aliphatic heterocycles. The Morgan fingerprint density at radius 1 is 0.943 bits per heavy atom. The van der Waals surface area contributed by atoms with Crippen LogP contribution in [-0.4, -0.2) is 42.6 Å². The maximum atomic E-state index is 13.9. The topological polar surface area (TPSA) is 45.7 Å². The molecule has 0 aliphatic carbocycles. The number of carbonyl (C=O) groups is 1. The van der Waals surface area contributed by atoms with Crippen LogP contribution in [0.3, 0.4) is 0 Å². The number of benzene rings is 2. The van der Waals surface area contributed by atoms with Gasteiger partial charge < -0.3 is 9.64 Å². The summed E-state index contributed by atoms with van der Waals surface area (Å²) in [5, 5.41) is 0. The second-order valence-electron chi connectivity index (χ2n) is 9.17. The zero-order valence-corrected chi connectivity index (χ0v) is 20.5. The van der Waals surface area contributed by atoms with Crippen molar-refractivity contribution in [2.45, 2.75) is 45.2 Å². The molecule has 3 aromatic rings. The Balaban J connectivity index is 1.73. The Hall–Kier alpha value is -3.09. The van der Waals surface area contributed by atoms with Gasteiger partial charge in [0.1, 0.15) is 12.4 Å². The van der Waals surface area contributed by atoms with Crippen LogP contribution in [0.2, 0.25) is 0 Å². The highest BCUT2D eigenvalue weighted by Gasteiger charge is 2.21. The number of fused-ring (bicyclic) bond motifs is 1. The first-order valence-corrected chi connectivity index (χ1v) is 12.4. The SMILES string of the molecule is COCC(=O)N1CCCCCCCN(Cc2cccc(F)c2)Cc2cc(-c3ccncc3)ccc21. The lowest BCUT2D eigenvalue weighted by atomic mass is 10.0. The van der Waals surface area contributed by atoms with Gasteiger partial charge in [0.25, 0.3) is 5.91 Å². The molecule has 2 aromatic carbocycles. The Labute approximate surface area is 207 Å². The molecule has 35 heavy (non-hydrogen) atoms. The van der Waals surface area contributed by atoms with E-state index in [2.05, 4.69) is 28.1 Å². The normalized spacial score (nSPS) is 15.7. The highest BCUT2D eigenvalue weighted by molar-refractivity contribution is 5.95. The number of hydrogen-bond acceptors (Lipinski definition) is 4. The van der Waals surface area contributed by atoms with Gasteiger partial charge in [-0.05, 0) is 78.0 Å². The van der Waals surface area contributed by atoms with Crippen molar-refractivity contribution >= 4 is 11.6 Å². The minimum absolute atomic E-state index is 0.0286. The summed E-state index contributed by atoms with van der Waals surface area (Å²) in [6.07, 6.45) is 9.03. The molecule has 0 unspecified atom stereocenters. The average molecular weight is 476 g/mol. The van der Waals surface area contributed by atoms with Crippen LogP contribution in [0.1, 0.15) is 43.2 Å². The average Bonchev–Trinajstić information content (AvgIpc) is 2.86. The number of ether oxygens (including phenoxy) is 1. The third-order valence-electron chi connectivity index (χ3n) is 6.50. The second-order valence-corrected chi connectivity index (χ2v) is 9.17. The van der Waals surface area contributed by atoms with Crippen LogP contribution < -0.4 is 4.90 Å². The molecule has 2 heterocycles. The predicted molar refractivity (Wildman–Crippen MR) is 138 cm³/mol. The largest absolute Gasteiger partial charge is 0.375 e. The van der Waals surface area contributed by atoms with Gasteiger partial charge in [-0.1, -0.05) is 37.5 Å². The molecular weight excluding hydrogens is 441 g/mol. The summed E-state index contributed by atoms with van der Waals surface area (Å²) in [5.74, 6) is -0.243. The Morgan fingerprint density at radius 2 is 1.71 bits per heavy atom. The van der Waals surface area contributed by atoms with Crippen LogP contribution in [0.5, 0.6) is 0 Å². The standard InChI is InChI=1S/C29H34FN3O2/c1-35-22-29(34)33-17-6-4-2-3-5-16-32(20-23-8-7-9-27(30)18-23)21-26-19-25(10-11-28(26)33)24-12-14-31-15-13-24/h7-15,18-19H,2-6,16-17,20-22H2,1H3. The van der Waals surface area contributed by atoms with Crippen molar-refractivity contribution in [3.8, 4) is 11.1 Å². The third kappa shape index (κ3) is 6.96. The Morgan fingerprint density at radius 3 is 2.49 bits per heavy atom. The predicted octanol–water partition coefficient (Wildman–Crippen LogP) is 5.83. The zero-order chi connectivity index (χ0) is 24.5. The maximum absolute atomic E-state index is 13.9. The van der Waals surface area contributed by atoms with Crippen molar-refractivity contribution in [1.29, 1.82) is 0 Å². The summed E-state index contributed by atoms with van der Waals surface area (Å²) in [5.41, 5.74) is 5.13. The van der Waals surface area contributed by atoms with E-state index in [1.165, 1.54) is 6.07 Å². The van der Waals surface area contributed by atoms with Gasteiger partial charge in [0.15, 0.2) is 0 Å². The van der Waals surface area contributed by atoms with E-state index in [1.54, 1.807) is 31.6 Å². The highest BCUT2D eigenvalue weighted by Crippen LogP contribution is 2.30. The number of halogens is 1. The minimum atomic E-state index is -0.214. The van der Waals surface area contributed by atoms with Gasteiger partial charge in [0, 0.05) is 44.8 Å². The molecule has 0 saturated carbocycles. The molecular formula is C29H34FN3O2. The van der Waals surface area contributed by atoms with Crippen LogP contribution in [-0.2, 0) is 22.6 Å². The maximum Gasteiger partial charge on any atom is 0.252 e. The molecule has 1 amide bonds. The van der Waals surface area contributed by atoms with Gasteiger partial charge in [0.2, 0.25) is 0 Å². The molecule has 5 nitrogen and oxygen atoms in total. The molecule has 0 fully saturated rings. The van der Waals surface area contributed by atoms with E-state index < -0.39 is 0 Å². The van der Waals surface area contributed by atoms with E-state index in [4.69, 9.17) is 4.74 Å². The van der Waals surface area contributed by atoms with E-state index in [1.807, 2.05) is 23.1 Å². The lowest BCUT2D eigenvalue weighted by Gasteiger charge is -2.30. The first-order chi connectivity index (χ1) is 17.1. The van der Waals surface area contributed by atoms with E-state index in [0.29, 0.717) is 19.6 Å². The second kappa shape index (κ2) is 12.6. The lowest BCUT2D eigenvalue weighted by molar-refractivity contribution is -0.122. The molecule has 0 saturated heterocycles. The quantitative estimate of drug-likeness (QED) is 0.466. The Kier molecular flexibility index (Phi) is 8.98. The van der Waals surface area contributed by atoms with E-state index in [-0.39, 0.29) is 18.3 Å². The summed E-state index contributed by atoms with van der Waals surface area (Å²) in [6.45, 7) is 2.97. The summed E-state index contributed by atoms with van der Waals surface area (Å²) in [4.78, 5) is 21.5. The number of rotatable bonds is 5. The summed E-state index contributed by atoms with van der Waals surface area (Å²) >= 11 is 0. The number of hydrogen-bond donors (Lipinski definition) is 0. The third-order valence-corrected chi connectivity index (χ3v) is 6.50. The fourth-order valence-electron chi connectivity index (χ4n) is 4.76. The number of carbonyl (C=O) groups excluding carboxylic acids is 1. The number of anilines is 1. The van der Waals surface area contributed by atoms with Crippen LogP contribution in [0.15, 0.2) is 67.0 Å². The fraction of sp³-hybridized carbons (Fsp3) is 0.379. The van der Waals surface area contributed by atoms with Crippen LogP contribution in [0.25, 0.3) is 11.1 Å². The van der Waals surface area contributed by atoms with Gasteiger partial charge in [-0.3, -0.25) is 14.7 Å². The smallest absolute Gasteiger partial charge is 0.252 e. The monoisotopic (exact) mass is 475 g/mol. The van der Waals surface area contributed by atoms with Crippen molar-refractivity contribution in [2.24, 2.45) is 0 Å². The van der Waals surface area contributed by atoms with E-state index >= 15 is 0 Å². The Bertz CT molecular complexity index is 1110. The zero-order valence-electron chi connectivity index (χ0n) is 20.5. The number of methoxy groups -OCH3 is 1. The summed E-state index contributed by atoms with van der Waals surface area (Å²) in [6, 6.07) is 17.1. The number of nitrogens with zero attached hydrogens (tertiary/aromatic N) is 3. The van der Waals surface area contributed by atoms with Crippen molar-refractivity contribution in [3.05, 3.63) is 83.9 Å². The molecule has 1 aromatic heterocycles. The van der Waals surface area contributed by atoms with Crippen molar-refractivity contribution in [2.75, 3.05) is 31.7 Å². The summed E-state index contributed by atoms with van der Waals surface area (Å²) < 4.78 is 19.1. The number of pyridine rings is 1. The number of amides is 1. The molecule has 0 radical (unpaired) electrons. The molecule has 0 N–H and O–H groups in total. The van der Waals surface area contributed by atoms with E-state index in [0.717, 1.165) is 66.6 Å². The highest BCUT2D eigenvalue weighted by atomic mass is 19.1. The molecule has 0 atom stereocenters. The number of aromatic nitrogens is 1. The first kappa shape index (κ1) is 25.0. The molecule has 6 heteroatoms. The van der Waals surface area contributed by atoms with Crippen LogP contribution in [0.4, 0.5) is 10.1 Å². The van der Waals surface area contributed by atoms with Gasteiger partial charge >= 0.3 is 0 Å². The molecule has 4 rings (SSSR count). The van der Waals surface area contributed by atoms with Crippen molar-refractivity contribution in [1.82, 2.24) is 9.88 Å². The first-order valence-electron chi connectivity index (χ1n) is 12.4. The van der Waals surface area contributed by atoms with E-state index in [9.17, 15) is 9.18 Å². The van der Waals surface area contributed by atoms with Crippen LogP contribution >= 0.6 is 0 Å². The molecule has 0 bridgehead atoms. The fourth-order valence-corrected chi connectivity index (χ4v) is 4.76. The summed E-state index contributed by atoms with van der Waals surface area (Å²) in [7, 11) is 1.56. The minimum Gasteiger partial charge on any atom is -0.375 e.